The van der Waals surface area contributed by atoms with Crippen LogP contribution in [0.25, 0.3) is 0 Å². The Morgan fingerprint density at radius 1 is 1.20 bits per heavy atom. The maximum absolute atomic E-state index is 9.69. The first kappa shape index (κ1) is 12.2. The van der Waals surface area contributed by atoms with E-state index in [0.29, 0.717) is 5.75 Å². The highest BCUT2D eigenvalue weighted by Gasteiger charge is 2.17. The number of rotatable bonds is 4. The molecule has 0 fully saturated rings. The van der Waals surface area contributed by atoms with Crippen LogP contribution in [-0.4, -0.2) is 24.3 Å². The van der Waals surface area contributed by atoms with Gasteiger partial charge in [0, 0.05) is 6.07 Å². The van der Waals surface area contributed by atoms with Gasteiger partial charge >= 0.3 is 0 Å². The molecule has 1 aromatic rings. The van der Waals surface area contributed by atoms with Crippen molar-refractivity contribution in [1.29, 1.82) is 0 Å². The second-order valence-corrected chi connectivity index (χ2v) is 5.21. The third kappa shape index (κ3) is 3.64. The summed E-state index contributed by atoms with van der Waals surface area (Å²) >= 11 is 1.35. The average Bonchev–Trinajstić information content (AvgIpc) is 2.16. The molecule has 0 bridgehead atoms. The lowest BCUT2D eigenvalue weighted by atomic mass is 10.3. The molecule has 84 valence electrons. The van der Waals surface area contributed by atoms with E-state index in [-0.39, 0.29) is 0 Å². The summed E-state index contributed by atoms with van der Waals surface area (Å²) in [6, 6.07) is 5.52. The highest BCUT2D eigenvalue weighted by molar-refractivity contribution is 8.00. The van der Waals surface area contributed by atoms with E-state index >= 15 is 0 Å². The molecule has 1 N–H and O–H groups in total. The van der Waals surface area contributed by atoms with Crippen molar-refractivity contribution in [3.05, 3.63) is 18.2 Å². The Balaban J connectivity index is 2.97. The summed E-state index contributed by atoms with van der Waals surface area (Å²) in [4.78, 5) is 0.0767. The lowest BCUT2D eigenvalue weighted by molar-refractivity contribution is 0.179. The van der Waals surface area contributed by atoms with Gasteiger partial charge in [-0.05, 0) is 26.0 Å². The Bertz CT molecular complexity index is 331. The Morgan fingerprint density at radius 2 is 1.87 bits per heavy atom. The summed E-state index contributed by atoms with van der Waals surface area (Å²) in [6.45, 7) is 3.47. The lowest BCUT2D eigenvalue weighted by Gasteiger charge is -2.18. The maximum atomic E-state index is 9.69. The summed E-state index contributed by atoms with van der Waals surface area (Å²) in [7, 11) is 3.21. The first-order valence-corrected chi connectivity index (χ1v) is 5.41. The van der Waals surface area contributed by atoms with Crippen LogP contribution in [-0.2, 0) is 0 Å². The molecular weight excluding hydrogens is 212 g/mol. The van der Waals surface area contributed by atoms with Crippen molar-refractivity contribution >= 4 is 11.8 Å². The fraction of sp³-hybridized carbons (Fsp3) is 0.455. The maximum Gasteiger partial charge on any atom is 0.136 e. The summed E-state index contributed by atoms with van der Waals surface area (Å²) in [5, 5.41) is 9.69. The molecule has 0 spiro atoms. The van der Waals surface area contributed by atoms with E-state index in [1.807, 2.05) is 12.1 Å². The highest BCUT2D eigenvalue weighted by Crippen LogP contribution is 2.38. The van der Waals surface area contributed by atoms with Crippen LogP contribution in [0.15, 0.2) is 23.1 Å². The molecule has 0 amide bonds. The van der Waals surface area contributed by atoms with Gasteiger partial charge in [0.25, 0.3) is 0 Å². The van der Waals surface area contributed by atoms with Gasteiger partial charge in [-0.25, -0.2) is 0 Å². The van der Waals surface area contributed by atoms with E-state index in [9.17, 15) is 5.11 Å². The van der Waals surface area contributed by atoms with Gasteiger partial charge in [0.05, 0.1) is 19.1 Å². The Kier molecular flexibility index (Phi) is 3.88. The molecule has 0 aromatic heterocycles. The van der Waals surface area contributed by atoms with Gasteiger partial charge in [0.2, 0.25) is 0 Å². The molecule has 0 aliphatic heterocycles. The molecule has 0 aliphatic carbocycles. The van der Waals surface area contributed by atoms with Gasteiger partial charge in [-0.2, -0.15) is 0 Å². The second-order valence-electron chi connectivity index (χ2n) is 3.57. The number of hydrogen-bond donors (Lipinski definition) is 1. The molecule has 0 aliphatic rings. The highest BCUT2D eigenvalue weighted by atomic mass is 32.2. The largest absolute Gasteiger partial charge is 0.497 e. The second kappa shape index (κ2) is 4.77. The van der Waals surface area contributed by atoms with E-state index < -0.39 is 4.93 Å². The first-order chi connectivity index (χ1) is 6.96. The summed E-state index contributed by atoms with van der Waals surface area (Å²) < 4.78 is 10.3. The van der Waals surface area contributed by atoms with Crippen LogP contribution >= 0.6 is 11.8 Å². The summed E-state index contributed by atoms with van der Waals surface area (Å²) in [5.74, 6) is 1.45. The molecular formula is C11H16O3S. The van der Waals surface area contributed by atoms with Gasteiger partial charge in [0.15, 0.2) is 0 Å². The number of methoxy groups -OCH3 is 2. The fourth-order valence-electron chi connectivity index (χ4n) is 1.13. The van der Waals surface area contributed by atoms with Crippen LogP contribution in [0.4, 0.5) is 0 Å². The molecule has 4 heteroatoms. The normalized spacial score (nSPS) is 11.3. The SMILES string of the molecule is COc1ccc(SC(C)(C)O)c(OC)c1. The smallest absolute Gasteiger partial charge is 0.136 e. The van der Waals surface area contributed by atoms with Crippen molar-refractivity contribution in [2.45, 2.75) is 23.7 Å². The quantitative estimate of drug-likeness (QED) is 0.635. The molecule has 3 nitrogen and oxygen atoms in total. The number of benzene rings is 1. The number of ether oxygens (including phenoxy) is 2. The van der Waals surface area contributed by atoms with Gasteiger partial charge in [-0.1, -0.05) is 11.8 Å². The summed E-state index contributed by atoms with van der Waals surface area (Å²) in [6.07, 6.45) is 0. The topological polar surface area (TPSA) is 38.7 Å². The zero-order valence-corrected chi connectivity index (χ0v) is 10.2. The van der Waals surface area contributed by atoms with Crippen LogP contribution in [0.2, 0.25) is 0 Å². The third-order valence-corrected chi connectivity index (χ3v) is 2.79. The predicted molar refractivity (Wildman–Crippen MR) is 61.7 cm³/mol. The summed E-state index contributed by atoms with van der Waals surface area (Å²) in [5.41, 5.74) is 0. The first-order valence-electron chi connectivity index (χ1n) is 4.59. The molecule has 0 heterocycles. The van der Waals surface area contributed by atoms with Crippen LogP contribution in [0.3, 0.4) is 0 Å². The number of hydrogen-bond acceptors (Lipinski definition) is 4. The van der Waals surface area contributed by atoms with E-state index in [4.69, 9.17) is 9.47 Å². The van der Waals surface area contributed by atoms with Crippen molar-refractivity contribution in [1.82, 2.24) is 0 Å². The Labute approximate surface area is 94.4 Å². The van der Waals surface area contributed by atoms with Crippen LogP contribution < -0.4 is 9.47 Å². The van der Waals surface area contributed by atoms with Crippen molar-refractivity contribution in [3.8, 4) is 11.5 Å². The molecule has 1 rings (SSSR count). The van der Waals surface area contributed by atoms with Crippen molar-refractivity contribution in [2.24, 2.45) is 0 Å². The molecule has 15 heavy (non-hydrogen) atoms. The minimum atomic E-state index is -0.818. The number of thioether (sulfide) groups is 1. The van der Waals surface area contributed by atoms with Gasteiger partial charge in [0.1, 0.15) is 16.4 Å². The van der Waals surface area contributed by atoms with E-state index in [1.165, 1.54) is 11.8 Å². The van der Waals surface area contributed by atoms with Crippen molar-refractivity contribution in [2.75, 3.05) is 14.2 Å². The monoisotopic (exact) mass is 228 g/mol. The molecule has 1 aromatic carbocycles. The Hall–Kier alpha value is -0.870. The zero-order valence-electron chi connectivity index (χ0n) is 9.40. The average molecular weight is 228 g/mol. The van der Waals surface area contributed by atoms with E-state index in [1.54, 1.807) is 34.1 Å². The van der Waals surface area contributed by atoms with Gasteiger partial charge < -0.3 is 14.6 Å². The third-order valence-electron chi connectivity index (χ3n) is 1.73. The van der Waals surface area contributed by atoms with Gasteiger partial charge in [-0.15, -0.1) is 0 Å². The van der Waals surface area contributed by atoms with E-state index in [0.717, 1.165) is 10.6 Å². The minimum absolute atomic E-state index is 0.710. The lowest BCUT2D eigenvalue weighted by Crippen LogP contribution is -2.12. The van der Waals surface area contributed by atoms with Crippen LogP contribution in [0.1, 0.15) is 13.8 Å². The molecule has 0 unspecified atom stereocenters. The minimum Gasteiger partial charge on any atom is -0.497 e. The molecule has 0 saturated carbocycles. The standard InChI is InChI=1S/C11H16O3S/c1-11(2,12)15-10-6-5-8(13-3)7-9(10)14-4/h5-7,12H,1-4H3. The van der Waals surface area contributed by atoms with Crippen molar-refractivity contribution in [3.63, 3.8) is 0 Å². The van der Waals surface area contributed by atoms with Crippen molar-refractivity contribution < 1.29 is 14.6 Å². The van der Waals surface area contributed by atoms with Gasteiger partial charge in [-0.3, -0.25) is 0 Å². The fourth-order valence-corrected chi connectivity index (χ4v) is 2.05. The number of aliphatic hydroxyl groups is 1. The Morgan fingerprint density at radius 3 is 2.33 bits per heavy atom. The molecule has 0 saturated heterocycles. The zero-order chi connectivity index (χ0) is 11.5. The predicted octanol–water partition coefficient (Wildman–Crippen LogP) is 2.52. The van der Waals surface area contributed by atoms with E-state index in [2.05, 4.69) is 0 Å². The molecule has 0 atom stereocenters. The van der Waals surface area contributed by atoms with Crippen LogP contribution in [0.5, 0.6) is 11.5 Å². The van der Waals surface area contributed by atoms with Crippen LogP contribution in [0, 0.1) is 0 Å². The molecule has 0 radical (unpaired) electrons.